The van der Waals surface area contributed by atoms with Gasteiger partial charge in [0.2, 0.25) is 0 Å². The minimum atomic E-state index is -2.48. The quantitative estimate of drug-likeness (QED) is 0.620. The van der Waals surface area contributed by atoms with Crippen LogP contribution in [0.3, 0.4) is 0 Å². The summed E-state index contributed by atoms with van der Waals surface area (Å²) in [5, 5.41) is 0. The van der Waals surface area contributed by atoms with E-state index in [1.807, 2.05) is 6.20 Å². The number of rotatable bonds is 6. The van der Waals surface area contributed by atoms with E-state index in [1.165, 1.54) is 17.3 Å². The van der Waals surface area contributed by atoms with Crippen LogP contribution in [-0.4, -0.2) is 9.97 Å². The second-order valence-electron chi connectivity index (χ2n) is 9.27. The number of aromatic nitrogens is 2. The van der Waals surface area contributed by atoms with Crippen LogP contribution in [0.5, 0.6) is 0 Å². The Morgan fingerprint density at radius 2 is 1.50 bits per heavy atom. The first-order chi connectivity index (χ1) is 12.0. The molecule has 2 nitrogen and oxygen atoms in total. The predicted octanol–water partition coefficient (Wildman–Crippen LogP) is 6.12. The van der Waals surface area contributed by atoms with Gasteiger partial charge in [0.15, 0.2) is 0 Å². The zero-order valence-corrected chi connectivity index (χ0v) is 16.7. The normalized spacial score (nSPS) is 12.7. The largest absolute Gasteiger partial charge is 0.265 e. The summed E-state index contributed by atoms with van der Waals surface area (Å²) in [7, 11) is 0. The molecular weight excluding hydrogens is 330 g/mol. The number of hydrogen-bond acceptors (Lipinski definition) is 2. The first kappa shape index (κ1) is 20.5. The molecule has 0 aliphatic rings. The van der Waals surface area contributed by atoms with Crippen molar-refractivity contribution in [1.82, 2.24) is 9.97 Å². The van der Waals surface area contributed by atoms with Gasteiger partial charge >= 0.3 is 0 Å². The van der Waals surface area contributed by atoms with E-state index in [2.05, 4.69) is 57.6 Å². The zero-order chi connectivity index (χ0) is 19.5. The molecule has 2 rings (SSSR count). The van der Waals surface area contributed by atoms with E-state index in [1.54, 1.807) is 12.3 Å². The summed E-state index contributed by atoms with van der Waals surface area (Å²) in [5.41, 5.74) is 4.53. The Labute approximate surface area is 156 Å². The zero-order valence-electron chi connectivity index (χ0n) is 16.7. The SMILES string of the molecule is Cc1ncc(CC(C)(C)Cc2cncc(C(F)F)c2)cc1CC(C)(C)C. The predicted molar refractivity (Wildman–Crippen MR) is 103 cm³/mol. The lowest BCUT2D eigenvalue weighted by molar-refractivity contribution is 0.150. The second kappa shape index (κ2) is 7.81. The summed E-state index contributed by atoms with van der Waals surface area (Å²) >= 11 is 0. The molecule has 0 N–H and O–H groups in total. The van der Waals surface area contributed by atoms with E-state index >= 15 is 0 Å². The van der Waals surface area contributed by atoms with Gasteiger partial charge < -0.3 is 0 Å². The number of nitrogens with zero attached hydrogens (tertiary/aromatic N) is 2. The Kier molecular flexibility index (Phi) is 6.15. The average Bonchev–Trinajstić information content (AvgIpc) is 2.48. The monoisotopic (exact) mass is 360 g/mol. The highest BCUT2D eigenvalue weighted by Crippen LogP contribution is 2.30. The molecule has 0 radical (unpaired) electrons. The van der Waals surface area contributed by atoms with Gasteiger partial charge in [0.1, 0.15) is 0 Å². The van der Waals surface area contributed by atoms with Crippen molar-refractivity contribution in [2.24, 2.45) is 10.8 Å². The van der Waals surface area contributed by atoms with E-state index < -0.39 is 6.43 Å². The Balaban J connectivity index is 2.16. The lowest BCUT2D eigenvalue weighted by Gasteiger charge is -2.26. The summed E-state index contributed by atoms with van der Waals surface area (Å²) < 4.78 is 25.8. The number of hydrogen-bond donors (Lipinski definition) is 0. The third kappa shape index (κ3) is 6.15. The molecule has 0 aliphatic heterocycles. The van der Waals surface area contributed by atoms with Crippen LogP contribution in [0.15, 0.2) is 30.7 Å². The molecule has 0 aromatic carbocycles. The molecule has 0 spiro atoms. The van der Waals surface area contributed by atoms with Crippen LogP contribution in [0.25, 0.3) is 0 Å². The van der Waals surface area contributed by atoms with Crippen molar-refractivity contribution in [3.63, 3.8) is 0 Å². The molecular formula is C22H30F2N2. The summed E-state index contributed by atoms with van der Waals surface area (Å²) in [6, 6.07) is 3.82. The highest BCUT2D eigenvalue weighted by molar-refractivity contribution is 5.27. The molecule has 0 unspecified atom stereocenters. The Bertz CT molecular complexity index is 746. The van der Waals surface area contributed by atoms with Crippen LogP contribution >= 0.6 is 0 Å². The van der Waals surface area contributed by atoms with E-state index in [-0.39, 0.29) is 16.4 Å². The third-order valence-corrected chi connectivity index (χ3v) is 4.40. The first-order valence-corrected chi connectivity index (χ1v) is 9.12. The van der Waals surface area contributed by atoms with Crippen molar-refractivity contribution < 1.29 is 8.78 Å². The van der Waals surface area contributed by atoms with Crippen molar-refractivity contribution in [2.75, 3.05) is 0 Å². The van der Waals surface area contributed by atoms with Crippen molar-refractivity contribution in [3.8, 4) is 0 Å². The second-order valence-corrected chi connectivity index (χ2v) is 9.27. The lowest BCUT2D eigenvalue weighted by Crippen LogP contribution is -2.19. The van der Waals surface area contributed by atoms with Crippen molar-refractivity contribution in [2.45, 2.75) is 67.2 Å². The van der Waals surface area contributed by atoms with Gasteiger partial charge in [0.25, 0.3) is 6.43 Å². The Hall–Kier alpha value is -1.84. The molecule has 26 heavy (non-hydrogen) atoms. The number of aryl methyl sites for hydroxylation is 1. The molecule has 0 fully saturated rings. The molecule has 0 saturated carbocycles. The van der Waals surface area contributed by atoms with Gasteiger partial charge in [-0.1, -0.05) is 40.7 Å². The standard InChI is InChI=1S/C22H30F2N2/c1-15-18(11-21(2,3)4)7-17(13-26-15)10-22(5,6)9-16-8-19(20(23)24)14-25-12-16/h7-8,12-14,20H,9-11H2,1-6H3. The molecule has 142 valence electrons. The number of halogens is 2. The Morgan fingerprint density at radius 3 is 2.08 bits per heavy atom. The van der Waals surface area contributed by atoms with Gasteiger partial charge in [0.05, 0.1) is 0 Å². The van der Waals surface area contributed by atoms with E-state index in [9.17, 15) is 8.78 Å². The first-order valence-electron chi connectivity index (χ1n) is 9.12. The number of alkyl halides is 2. The van der Waals surface area contributed by atoms with Gasteiger partial charge in [-0.15, -0.1) is 0 Å². The third-order valence-electron chi connectivity index (χ3n) is 4.40. The summed E-state index contributed by atoms with van der Waals surface area (Å²) in [4.78, 5) is 8.55. The van der Waals surface area contributed by atoms with Gasteiger partial charge in [-0.05, 0) is 59.8 Å². The Morgan fingerprint density at radius 1 is 0.885 bits per heavy atom. The van der Waals surface area contributed by atoms with E-state index in [0.717, 1.165) is 24.1 Å². The topological polar surface area (TPSA) is 25.8 Å². The van der Waals surface area contributed by atoms with Crippen LogP contribution in [0.4, 0.5) is 8.78 Å². The van der Waals surface area contributed by atoms with Crippen LogP contribution in [0.2, 0.25) is 0 Å². The van der Waals surface area contributed by atoms with E-state index in [0.29, 0.717) is 6.42 Å². The maximum absolute atomic E-state index is 12.9. The smallest absolute Gasteiger partial charge is 0.264 e. The maximum Gasteiger partial charge on any atom is 0.265 e. The summed E-state index contributed by atoms with van der Waals surface area (Å²) in [6.07, 6.45) is 4.92. The molecule has 2 aromatic heterocycles. The fourth-order valence-corrected chi connectivity index (χ4v) is 3.37. The van der Waals surface area contributed by atoms with Crippen molar-refractivity contribution >= 4 is 0 Å². The molecule has 2 heterocycles. The van der Waals surface area contributed by atoms with Crippen LogP contribution in [0, 0.1) is 17.8 Å². The van der Waals surface area contributed by atoms with Crippen molar-refractivity contribution in [1.29, 1.82) is 0 Å². The molecule has 2 aromatic rings. The fourth-order valence-electron chi connectivity index (χ4n) is 3.37. The highest BCUT2D eigenvalue weighted by Gasteiger charge is 2.22. The molecule has 0 bridgehead atoms. The minimum absolute atomic E-state index is 0.0113. The minimum Gasteiger partial charge on any atom is -0.264 e. The van der Waals surface area contributed by atoms with Crippen LogP contribution < -0.4 is 0 Å². The molecule has 0 saturated heterocycles. The van der Waals surface area contributed by atoms with Crippen LogP contribution in [-0.2, 0) is 19.3 Å². The van der Waals surface area contributed by atoms with Gasteiger partial charge in [0, 0.05) is 29.8 Å². The van der Waals surface area contributed by atoms with Gasteiger partial charge in [-0.25, -0.2) is 8.78 Å². The van der Waals surface area contributed by atoms with Gasteiger partial charge in [-0.2, -0.15) is 0 Å². The van der Waals surface area contributed by atoms with Crippen LogP contribution in [0.1, 0.15) is 69.0 Å². The lowest BCUT2D eigenvalue weighted by atomic mass is 9.80. The van der Waals surface area contributed by atoms with Gasteiger partial charge in [-0.3, -0.25) is 9.97 Å². The average molecular weight is 360 g/mol. The summed E-state index contributed by atoms with van der Waals surface area (Å²) in [5.74, 6) is 0. The highest BCUT2D eigenvalue weighted by atomic mass is 19.3. The van der Waals surface area contributed by atoms with Crippen molar-refractivity contribution in [3.05, 3.63) is 58.7 Å². The molecule has 0 atom stereocenters. The summed E-state index contributed by atoms with van der Waals surface area (Å²) in [6.45, 7) is 13.1. The molecule has 0 amide bonds. The van der Waals surface area contributed by atoms with E-state index in [4.69, 9.17) is 0 Å². The fraction of sp³-hybridized carbons (Fsp3) is 0.545. The molecule has 0 aliphatic carbocycles. The number of pyridine rings is 2. The molecule has 4 heteroatoms. The maximum atomic E-state index is 12.9.